The first-order valence-corrected chi connectivity index (χ1v) is 7.49. The van der Waals surface area contributed by atoms with Crippen molar-refractivity contribution in [2.45, 2.75) is 50.6 Å². The van der Waals surface area contributed by atoms with E-state index < -0.39 is 0 Å². The van der Waals surface area contributed by atoms with Gasteiger partial charge in [-0.15, -0.1) is 0 Å². The summed E-state index contributed by atoms with van der Waals surface area (Å²) in [6.45, 7) is 7.28. The Balaban J connectivity index is 1.46. The van der Waals surface area contributed by atoms with E-state index in [0.29, 0.717) is 0 Å². The highest BCUT2D eigenvalue weighted by Gasteiger charge is 2.30. The summed E-state index contributed by atoms with van der Waals surface area (Å²) >= 11 is 0. The zero-order valence-electron chi connectivity index (χ0n) is 10.9. The molecule has 3 aliphatic rings. The van der Waals surface area contributed by atoms with Crippen LogP contribution >= 0.6 is 0 Å². The fourth-order valence-corrected chi connectivity index (χ4v) is 3.71. The van der Waals surface area contributed by atoms with E-state index in [1.807, 2.05) is 0 Å². The molecule has 3 heteroatoms. The van der Waals surface area contributed by atoms with Crippen molar-refractivity contribution in [1.29, 1.82) is 0 Å². The average Bonchev–Trinajstić information content (AvgIpc) is 2.94. The van der Waals surface area contributed by atoms with Gasteiger partial charge in [0, 0.05) is 31.8 Å². The van der Waals surface area contributed by atoms with Crippen LogP contribution in [0.25, 0.3) is 0 Å². The third-order valence-corrected chi connectivity index (χ3v) is 4.83. The van der Waals surface area contributed by atoms with E-state index in [9.17, 15) is 0 Å². The maximum absolute atomic E-state index is 5.50. The van der Waals surface area contributed by atoms with E-state index in [1.54, 1.807) is 0 Å². The summed E-state index contributed by atoms with van der Waals surface area (Å²) in [5.41, 5.74) is 0. The summed E-state index contributed by atoms with van der Waals surface area (Å²) in [5.74, 6) is 0. The summed E-state index contributed by atoms with van der Waals surface area (Å²) < 4.78 is 5.50. The first kappa shape index (κ1) is 11.9. The van der Waals surface area contributed by atoms with E-state index in [0.717, 1.165) is 25.3 Å². The first-order chi connectivity index (χ1) is 8.43. The number of likely N-dealkylation sites (tertiary alicyclic amines) is 2. The molecule has 0 N–H and O–H groups in total. The Morgan fingerprint density at radius 3 is 2.06 bits per heavy atom. The maximum Gasteiger partial charge on any atom is 0.0622 e. The molecule has 1 atom stereocenters. The van der Waals surface area contributed by atoms with Crippen LogP contribution in [-0.4, -0.2) is 61.3 Å². The van der Waals surface area contributed by atoms with Crippen molar-refractivity contribution in [3.05, 3.63) is 0 Å². The van der Waals surface area contributed by atoms with Crippen molar-refractivity contribution in [2.75, 3.05) is 39.4 Å². The molecule has 3 rings (SSSR count). The Kier molecular flexibility index (Phi) is 3.99. The highest BCUT2D eigenvalue weighted by Crippen LogP contribution is 2.23. The quantitative estimate of drug-likeness (QED) is 0.728. The minimum atomic E-state index is 0.734. The van der Waals surface area contributed by atoms with Gasteiger partial charge in [-0.1, -0.05) is 6.42 Å². The van der Waals surface area contributed by atoms with Gasteiger partial charge in [0.05, 0.1) is 6.61 Å². The van der Waals surface area contributed by atoms with Crippen LogP contribution in [0.5, 0.6) is 0 Å². The Morgan fingerprint density at radius 1 is 0.706 bits per heavy atom. The van der Waals surface area contributed by atoms with Gasteiger partial charge in [-0.25, -0.2) is 0 Å². The van der Waals surface area contributed by atoms with Gasteiger partial charge in [-0.3, -0.25) is 4.90 Å². The van der Waals surface area contributed by atoms with Crippen LogP contribution in [0.15, 0.2) is 0 Å². The van der Waals surface area contributed by atoms with Crippen LogP contribution in [0.4, 0.5) is 0 Å². The monoisotopic (exact) mass is 238 g/mol. The lowest BCUT2D eigenvalue weighted by Gasteiger charge is -2.41. The lowest BCUT2D eigenvalue weighted by molar-refractivity contribution is 0.0666. The molecule has 1 unspecified atom stereocenters. The molecule has 3 aliphatic heterocycles. The van der Waals surface area contributed by atoms with E-state index in [2.05, 4.69) is 9.80 Å². The van der Waals surface area contributed by atoms with Gasteiger partial charge in [0.15, 0.2) is 0 Å². The number of hydrogen-bond acceptors (Lipinski definition) is 3. The molecule has 3 nitrogen and oxygen atoms in total. The molecule has 98 valence electrons. The van der Waals surface area contributed by atoms with Crippen molar-refractivity contribution >= 4 is 0 Å². The molecule has 0 saturated carbocycles. The standard InChI is InChI=1S/C14H26N2O/c1-2-7-15(8-3-1)13-4-9-16(10-5-13)14-6-11-17-12-14/h13-14H,1-12H2. The number of ether oxygens (including phenoxy) is 1. The molecule has 17 heavy (non-hydrogen) atoms. The predicted octanol–water partition coefficient (Wildman–Crippen LogP) is 1.73. The molecule has 0 amide bonds. The fourth-order valence-electron chi connectivity index (χ4n) is 3.71. The third-order valence-electron chi connectivity index (χ3n) is 4.83. The van der Waals surface area contributed by atoms with Crippen LogP contribution in [0.1, 0.15) is 38.5 Å². The second kappa shape index (κ2) is 5.68. The second-order valence-corrected chi connectivity index (χ2v) is 5.88. The van der Waals surface area contributed by atoms with E-state index >= 15 is 0 Å². The molecule has 0 aliphatic carbocycles. The van der Waals surface area contributed by atoms with Crippen molar-refractivity contribution in [3.63, 3.8) is 0 Å². The fraction of sp³-hybridized carbons (Fsp3) is 1.00. The summed E-state index contributed by atoms with van der Waals surface area (Å²) in [6.07, 6.45) is 8.34. The second-order valence-electron chi connectivity index (χ2n) is 5.88. The smallest absolute Gasteiger partial charge is 0.0622 e. The van der Waals surface area contributed by atoms with E-state index in [-0.39, 0.29) is 0 Å². The third kappa shape index (κ3) is 2.83. The van der Waals surface area contributed by atoms with Crippen molar-refractivity contribution in [3.8, 4) is 0 Å². The number of nitrogens with zero attached hydrogens (tertiary/aromatic N) is 2. The molecular formula is C14H26N2O. The minimum Gasteiger partial charge on any atom is -0.380 e. The Morgan fingerprint density at radius 2 is 1.41 bits per heavy atom. The molecule has 0 aromatic carbocycles. The molecule has 3 saturated heterocycles. The van der Waals surface area contributed by atoms with Gasteiger partial charge in [0.2, 0.25) is 0 Å². The molecule has 0 radical (unpaired) electrons. The molecule has 3 heterocycles. The van der Waals surface area contributed by atoms with Crippen LogP contribution in [0, 0.1) is 0 Å². The van der Waals surface area contributed by atoms with Gasteiger partial charge in [0.25, 0.3) is 0 Å². The topological polar surface area (TPSA) is 15.7 Å². The zero-order chi connectivity index (χ0) is 11.5. The summed E-state index contributed by atoms with van der Waals surface area (Å²) in [5, 5.41) is 0. The SMILES string of the molecule is C1CCN(C2CCN(C3CCOC3)CC2)CC1. The van der Waals surface area contributed by atoms with Crippen molar-refractivity contribution in [2.24, 2.45) is 0 Å². The number of piperidine rings is 2. The lowest BCUT2D eigenvalue weighted by atomic mass is 9.98. The summed E-state index contributed by atoms with van der Waals surface area (Å²) in [7, 11) is 0. The van der Waals surface area contributed by atoms with Gasteiger partial charge in [0.1, 0.15) is 0 Å². The molecule has 0 aromatic rings. The van der Waals surface area contributed by atoms with Gasteiger partial charge in [-0.05, 0) is 45.2 Å². The molecule has 3 fully saturated rings. The predicted molar refractivity (Wildman–Crippen MR) is 69.2 cm³/mol. The highest BCUT2D eigenvalue weighted by molar-refractivity contribution is 4.85. The normalized spacial score (nSPS) is 34.2. The van der Waals surface area contributed by atoms with Gasteiger partial charge >= 0.3 is 0 Å². The Labute approximate surface area is 105 Å². The van der Waals surface area contributed by atoms with Crippen LogP contribution < -0.4 is 0 Å². The van der Waals surface area contributed by atoms with Crippen LogP contribution in [0.3, 0.4) is 0 Å². The van der Waals surface area contributed by atoms with Gasteiger partial charge in [-0.2, -0.15) is 0 Å². The van der Waals surface area contributed by atoms with Crippen molar-refractivity contribution < 1.29 is 4.74 Å². The molecule has 0 aromatic heterocycles. The Hall–Kier alpha value is -0.120. The molecule has 0 spiro atoms. The van der Waals surface area contributed by atoms with Crippen LogP contribution in [0.2, 0.25) is 0 Å². The average molecular weight is 238 g/mol. The van der Waals surface area contributed by atoms with Crippen LogP contribution in [-0.2, 0) is 4.74 Å². The summed E-state index contributed by atoms with van der Waals surface area (Å²) in [4.78, 5) is 5.43. The maximum atomic E-state index is 5.50. The lowest BCUT2D eigenvalue weighted by Crippen LogP contribution is -2.49. The molecular weight excluding hydrogens is 212 g/mol. The largest absolute Gasteiger partial charge is 0.380 e. The Bertz CT molecular complexity index is 226. The highest BCUT2D eigenvalue weighted by atomic mass is 16.5. The number of rotatable bonds is 2. The number of hydrogen-bond donors (Lipinski definition) is 0. The molecule has 0 bridgehead atoms. The van der Waals surface area contributed by atoms with E-state index in [1.165, 1.54) is 64.7 Å². The zero-order valence-corrected chi connectivity index (χ0v) is 10.9. The first-order valence-electron chi connectivity index (χ1n) is 7.49. The summed E-state index contributed by atoms with van der Waals surface area (Å²) in [6, 6.07) is 1.62. The van der Waals surface area contributed by atoms with Crippen molar-refractivity contribution in [1.82, 2.24) is 9.80 Å². The van der Waals surface area contributed by atoms with E-state index in [4.69, 9.17) is 4.74 Å². The minimum absolute atomic E-state index is 0.734. The van der Waals surface area contributed by atoms with Gasteiger partial charge < -0.3 is 9.64 Å².